The third-order valence-corrected chi connectivity index (χ3v) is 6.66. The largest absolute Gasteiger partial charge is 0.478 e. The number of hydrogen-bond acceptors (Lipinski definition) is 4. The predicted molar refractivity (Wildman–Crippen MR) is 88.2 cm³/mol. The molecule has 0 spiro atoms. The predicted octanol–water partition coefficient (Wildman–Crippen LogP) is 1.80. The average Bonchev–Trinajstić information content (AvgIpc) is 2.54. The molecule has 23 heavy (non-hydrogen) atoms. The third kappa shape index (κ3) is 3.73. The lowest BCUT2D eigenvalue weighted by molar-refractivity contribution is 0.0696. The number of likely N-dealkylation sites (tertiary alicyclic amines) is 1. The van der Waals surface area contributed by atoms with E-state index in [0.29, 0.717) is 5.56 Å². The van der Waals surface area contributed by atoms with Crippen molar-refractivity contribution in [3.63, 3.8) is 0 Å². The zero-order valence-corrected chi connectivity index (χ0v) is 14.6. The Morgan fingerprint density at radius 2 is 1.96 bits per heavy atom. The van der Waals surface area contributed by atoms with Gasteiger partial charge in [0.1, 0.15) is 0 Å². The summed E-state index contributed by atoms with van der Waals surface area (Å²) in [4.78, 5) is 13.5. The van der Waals surface area contributed by atoms with Gasteiger partial charge in [-0.3, -0.25) is 0 Å². The van der Waals surface area contributed by atoms with Crippen LogP contribution in [0.25, 0.3) is 0 Å². The molecule has 0 bridgehead atoms. The molecule has 0 unspecified atom stereocenters. The van der Waals surface area contributed by atoms with E-state index in [1.165, 1.54) is 16.4 Å². The van der Waals surface area contributed by atoms with Gasteiger partial charge in [-0.05, 0) is 57.1 Å². The van der Waals surface area contributed by atoms with Gasteiger partial charge >= 0.3 is 5.97 Å². The van der Waals surface area contributed by atoms with Gasteiger partial charge in [-0.1, -0.05) is 13.0 Å². The van der Waals surface area contributed by atoms with Crippen LogP contribution in [0.1, 0.15) is 35.7 Å². The number of aryl methyl sites for hydroxylation is 1. The molecule has 0 amide bonds. The molecule has 2 rings (SSSR count). The number of hydrogen-bond donors (Lipinski definition) is 1. The summed E-state index contributed by atoms with van der Waals surface area (Å²) < 4.78 is 27.2. The summed E-state index contributed by atoms with van der Waals surface area (Å²) >= 11 is 0. The molecule has 7 heteroatoms. The topological polar surface area (TPSA) is 77.9 Å². The highest BCUT2D eigenvalue weighted by atomic mass is 32.2. The molecule has 1 aromatic rings. The Hall–Kier alpha value is -1.44. The maximum absolute atomic E-state index is 12.9. The van der Waals surface area contributed by atoms with E-state index in [4.69, 9.17) is 5.11 Å². The van der Waals surface area contributed by atoms with Crippen molar-refractivity contribution in [3.8, 4) is 0 Å². The Labute approximate surface area is 137 Å². The number of rotatable bonds is 5. The van der Waals surface area contributed by atoms with Gasteiger partial charge in [-0.25, -0.2) is 13.2 Å². The molecule has 0 atom stereocenters. The van der Waals surface area contributed by atoms with E-state index in [1.54, 1.807) is 20.0 Å². The van der Waals surface area contributed by atoms with Crippen LogP contribution in [0.4, 0.5) is 0 Å². The quantitative estimate of drug-likeness (QED) is 0.884. The lowest BCUT2D eigenvalue weighted by atomic mass is 10.1. The maximum Gasteiger partial charge on any atom is 0.335 e. The molecule has 0 saturated carbocycles. The summed E-state index contributed by atoms with van der Waals surface area (Å²) in [5.41, 5.74) is 0.552. The first kappa shape index (κ1) is 17.9. The Balaban J connectivity index is 2.27. The van der Waals surface area contributed by atoms with Crippen LogP contribution in [-0.2, 0) is 10.0 Å². The number of sulfonamides is 1. The van der Waals surface area contributed by atoms with E-state index in [9.17, 15) is 13.2 Å². The van der Waals surface area contributed by atoms with Crippen LogP contribution in [0.5, 0.6) is 0 Å². The van der Waals surface area contributed by atoms with Crippen LogP contribution in [-0.4, -0.2) is 61.4 Å². The second-order valence-corrected chi connectivity index (χ2v) is 7.94. The number of aromatic carboxylic acids is 1. The molecule has 6 nitrogen and oxygen atoms in total. The van der Waals surface area contributed by atoms with Gasteiger partial charge in [0.05, 0.1) is 10.5 Å². The van der Waals surface area contributed by atoms with Crippen molar-refractivity contribution >= 4 is 16.0 Å². The van der Waals surface area contributed by atoms with Crippen molar-refractivity contribution in [1.82, 2.24) is 9.21 Å². The van der Waals surface area contributed by atoms with E-state index in [2.05, 4.69) is 11.8 Å². The van der Waals surface area contributed by atoms with E-state index >= 15 is 0 Å². The fourth-order valence-electron chi connectivity index (χ4n) is 2.96. The van der Waals surface area contributed by atoms with Gasteiger partial charge in [0.25, 0.3) is 0 Å². The summed E-state index contributed by atoms with van der Waals surface area (Å²) in [5, 5.41) is 9.10. The van der Waals surface area contributed by atoms with Crippen molar-refractivity contribution < 1.29 is 18.3 Å². The molecule has 1 N–H and O–H groups in total. The number of nitrogens with zero attached hydrogens (tertiary/aromatic N) is 2. The maximum atomic E-state index is 12.9. The van der Waals surface area contributed by atoms with Gasteiger partial charge < -0.3 is 10.0 Å². The second-order valence-electron chi connectivity index (χ2n) is 5.97. The number of benzene rings is 1. The SMILES string of the molecule is CCN1CCC(N(C)S(=O)(=O)c2cc(C(=O)O)ccc2C)CC1. The molecular formula is C16H24N2O4S. The Bertz CT molecular complexity index is 679. The van der Waals surface area contributed by atoms with Gasteiger partial charge in [-0.15, -0.1) is 0 Å². The number of carbonyl (C=O) groups is 1. The minimum atomic E-state index is -3.70. The normalized spacial score (nSPS) is 17.6. The molecule has 1 fully saturated rings. The summed E-state index contributed by atoms with van der Waals surface area (Å²) in [7, 11) is -2.11. The second kappa shape index (κ2) is 6.98. The Kier molecular flexibility index (Phi) is 5.44. The molecule has 0 radical (unpaired) electrons. The van der Waals surface area contributed by atoms with Crippen molar-refractivity contribution in [1.29, 1.82) is 0 Å². The minimum absolute atomic E-state index is 0.0108. The highest BCUT2D eigenvalue weighted by Gasteiger charge is 2.31. The first-order chi connectivity index (χ1) is 10.8. The van der Waals surface area contributed by atoms with Crippen LogP contribution in [0.15, 0.2) is 23.1 Å². The molecule has 1 aromatic carbocycles. The van der Waals surface area contributed by atoms with E-state index in [1.807, 2.05) is 0 Å². The van der Waals surface area contributed by atoms with Gasteiger partial charge in [0, 0.05) is 13.1 Å². The molecule has 1 aliphatic rings. The number of piperidine rings is 1. The summed E-state index contributed by atoms with van der Waals surface area (Å²) in [6.45, 7) is 6.53. The summed E-state index contributed by atoms with van der Waals surface area (Å²) in [5.74, 6) is -1.12. The molecule has 1 aliphatic heterocycles. The van der Waals surface area contributed by atoms with Crippen molar-refractivity contribution in [2.75, 3.05) is 26.7 Å². The zero-order valence-electron chi connectivity index (χ0n) is 13.8. The van der Waals surface area contributed by atoms with Crippen LogP contribution in [0, 0.1) is 6.92 Å². The molecule has 0 aromatic heterocycles. The number of carboxylic acid groups (broad SMARTS) is 1. The lowest BCUT2D eigenvalue weighted by Gasteiger charge is -2.35. The van der Waals surface area contributed by atoms with E-state index in [-0.39, 0.29) is 16.5 Å². The van der Waals surface area contributed by atoms with Crippen LogP contribution in [0.3, 0.4) is 0 Å². The average molecular weight is 340 g/mol. The van der Waals surface area contributed by atoms with Crippen molar-refractivity contribution in [2.45, 2.75) is 37.6 Å². The van der Waals surface area contributed by atoms with Crippen molar-refractivity contribution in [2.24, 2.45) is 0 Å². The third-order valence-electron chi connectivity index (χ3n) is 4.61. The van der Waals surface area contributed by atoms with Crippen LogP contribution < -0.4 is 0 Å². The minimum Gasteiger partial charge on any atom is -0.478 e. The molecule has 0 aliphatic carbocycles. The first-order valence-electron chi connectivity index (χ1n) is 7.81. The molecule has 1 heterocycles. The van der Waals surface area contributed by atoms with E-state index < -0.39 is 16.0 Å². The highest BCUT2D eigenvalue weighted by Crippen LogP contribution is 2.25. The Morgan fingerprint density at radius 1 is 1.35 bits per heavy atom. The smallest absolute Gasteiger partial charge is 0.335 e. The molecule has 128 valence electrons. The standard InChI is InChI=1S/C16H24N2O4S/c1-4-18-9-7-14(8-10-18)17(3)23(21,22)15-11-13(16(19)20)6-5-12(15)2/h5-6,11,14H,4,7-10H2,1-3H3,(H,19,20). The van der Waals surface area contributed by atoms with Crippen LogP contribution >= 0.6 is 0 Å². The Morgan fingerprint density at radius 3 is 2.48 bits per heavy atom. The van der Waals surface area contributed by atoms with Crippen molar-refractivity contribution in [3.05, 3.63) is 29.3 Å². The lowest BCUT2D eigenvalue weighted by Crippen LogP contribution is -2.45. The fraction of sp³-hybridized carbons (Fsp3) is 0.562. The summed E-state index contributed by atoms with van der Waals surface area (Å²) in [6.07, 6.45) is 1.59. The van der Waals surface area contributed by atoms with Crippen LogP contribution in [0.2, 0.25) is 0 Å². The summed E-state index contributed by atoms with van der Waals surface area (Å²) in [6, 6.07) is 4.18. The monoisotopic (exact) mass is 340 g/mol. The number of carboxylic acids is 1. The molecule has 1 saturated heterocycles. The van der Waals surface area contributed by atoms with Gasteiger partial charge in [-0.2, -0.15) is 4.31 Å². The van der Waals surface area contributed by atoms with E-state index in [0.717, 1.165) is 32.5 Å². The van der Waals surface area contributed by atoms with Gasteiger partial charge in [0.2, 0.25) is 10.0 Å². The molecular weight excluding hydrogens is 316 g/mol. The fourth-order valence-corrected chi connectivity index (χ4v) is 4.63. The first-order valence-corrected chi connectivity index (χ1v) is 9.25. The zero-order chi connectivity index (χ0) is 17.2. The van der Waals surface area contributed by atoms with Gasteiger partial charge in [0.15, 0.2) is 0 Å². The highest BCUT2D eigenvalue weighted by molar-refractivity contribution is 7.89.